The van der Waals surface area contributed by atoms with Crippen molar-refractivity contribution in [1.29, 1.82) is 0 Å². The molecule has 0 radical (unpaired) electrons. The van der Waals surface area contributed by atoms with Gasteiger partial charge in [0.25, 0.3) is 0 Å². The lowest BCUT2D eigenvalue weighted by atomic mass is 10.6. The molecular formula is C9H23ClO3Si2. The molecule has 3 nitrogen and oxygen atoms in total. The fourth-order valence-corrected chi connectivity index (χ4v) is 10.7. The second-order valence-electron chi connectivity index (χ2n) is 4.61. The lowest BCUT2D eigenvalue weighted by Crippen LogP contribution is -2.55. The Kier molecular flexibility index (Phi) is 6.62. The van der Waals surface area contributed by atoms with Gasteiger partial charge in [-0.3, -0.25) is 0 Å². The first-order valence-electron chi connectivity index (χ1n) is 5.09. The second kappa shape index (κ2) is 6.37. The van der Waals surface area contributed by atoms with Gasteiger partial charge in [-0.05, 0) is 6.42 Å². The summed E-state index contributed by atoms with van der Waals surface area (Å²) in [6.45, 7) is 6.88. The molecule has 0 aromatic carbocycles. The molecule has 0 aliphatic rings. The Morgan fingerprint density at radius 1 is 1.00 bits per heavy atom. The van der Waals surface area contributed by atoms with Crippen LogP contribution in [0.2, 0.25) is 24.8 Å². The van der Waals surface area contributed by atoms with E-state index in [-0.39, 0.29) is 0 Å². The average molecular weight is 271 g/mol. The van der Waals surface area contributed by atoms with Crippen LogP contribution in [0.4, 0.5) is 0 Å². The number of halogens is 1. The zero-order valence-electron chi connectivity index (χ0n) is 10.6. The van der Waals surface area contributed by atoms with Gasteiger partial charge in [-0.1, -0.05) is 19.6 Å². The summed E-state index contributed by atoms with van der Waals surface area (Å²) in [4.78, 5) is 0. The highest BCUT2D eigenvalue weighted by Crippen LogP contribution is 2.36. The average Bonchev–Trinajstić information content (AvgIpc) is 2.18. The number of alkyl halides is 1. The standard InChI is InChI=1S/C9H23ClO3Si2/c1-11-15(12-2,13-3)9(7-8-10)14(4,5)6/h9H,7-8H2,1-6H3. The first-order chi connectivity index (χ1) is 6.87. The topological polar surface area (TPSA) is 27.7 Å². The third-order valence-electron chi connectivity index (χ3n) is 2.72. The molecule has 0 spiro atoms. The van der Waals surface area contributed by atoms with Crippen molar-refractivity contribution in [3.05, 3.63) is 0 Å². The molecule has 0 aromatic heterocycles. The van der Waals surface area contributed by atoms with Gasteiger partial charge in [0.05, 0.1) is 8.07 Å². The summed E-state index contributed by atoms with van der Waals surface area (Å²) >= 11 is 5.86. The molecule has 0 aliphatic heterocycles. The van der Waals surface area contributed by atoms with E-state index in [4.69, 9.17) is 24.9 Å². The first-order valence-corrected chi connectivity index (χ1v) is 11.0. The maximum Gasteiger partial charge on any atom is 0.500 e. The minimum Gasteiger partial charge on any atom is -0.377 e. The number of rotatable bonds is 7. The van der Waals surface area contributed by atoms with Crippen molar-refractivity contribution in [2.24, 2.45) is 0 Å². The molecule has 0 saturated heterocycles. The molecule has 0 heterocycles. The van der Waals surface area contributed by atoms with Crippen molar-refractivity contribution in [2.45, 2.75) is 31.2 Å². The molecule has 6 heteroatoms. The zero-order valence-corrected chi connectivity index (χ0v) is 13.4. The van der Waals surface area contributed by atoms with Gasteiger partial charge in [-0.2, -0.15) is 0 Å². The second-order valence-corrected chi connectivity index (χ2v) is 14.1. The van der Waals surface area contributed by atoms with Gasteiger partial charge in [0.1, 0.15) is 0 Å². The summed E-state index contributed by atoms with van der Waals surface area (Å²) in [7, 11) is 1.07. The van der Waals surface area contributed by atoms with Crippen LogP contribution in [0.15, 0.2) is 0 Å². The van der Waals surface area contributed by atoms with Crippen LogP contribution in [0.3, 0.4) is 0 Å². The van der Waals surface area contributed by atoms with Crippen LogP contribution in [-0.2, 0) is 13.3 Å². The third-order valence-corrected chi connectivity index (χ3v) is 11.8. The highest BCUT2D eigenvalue weighted by molar-refractivity contribution is 6.90. The molecule has 0 bridgehead atoms. The molecular weight excluding hydrogens is 248 g/mol. The SMILES string of the molecule is CO[Si](OC)(OC)C(CCCl)[Si](C)(C)C. The largest absolute Gasteiger partial charge is 0.500 e. The van der Waals surface area contributed by atoms with Crippen molar-refractivity contribution in [3.63, 3.8) is 0 Å². The van der Waals surface area contributed by atoms with Crippen LogP contribution in [0.25, 0.3) is 0 Å². The van der Waals surface area contributed by atoms with E-state index in [0.29, 0.717) is 11.0 Å². The third kappa shape index (κ3) is 3.83. The summed E-state index contributed by atoms with van der Waals surface area (Å²) in [5.74, 6) is 0.625. The van der Waals surface area contributed by atoms with Crippen molar-refractivity contribution in [1.82, 2.24) is 0 Å². The molecule has 0 rings (SSSR count). The Morgan fingerprint density at radius 2 is 1.40 bits per heavy atom. The molecule has 0 fully saturated rings. The van der Waals surface area contributed by atoms with E-state index < -0.39 is 16.9 Å². The van der Waals surface area contributed by atoms with E-state index in [1.807, 2.05) is 0 Å². The molecule has 15 heavy (non-hydrogen) atoms. The van der Waals surface area contributed by atoms with Gasteiger partial charge >= 0.3 is 8.80 Å². The minimum atomic E-state index is -2.53. The van der Waals surface area contributed by atoms with Gasteiger partial charge in [-0.25, -0.2) is 0 Å². The lowest BCUT2D eigenvalue weighted by molar-refractivity contribution is 0.118. The normalized spacial score (nSPS) is 15.4. The van der Waals surface area contributed by atoms with E-state index in [0.717, 1.165) is 6.42 Å². The molecule has 1 atom stereocenters. The summed E-state index contributed by atoms with van der Waals surface area (Å²) in [6, 6.07) is 0. The van der Waals surface area contributed by atoms with Crippen LogP contribution in [-0.4, -0.2) is 44.1 Å². The van der Waals surface area contributed by atoms with Gasteiger partial charge in [-0.15, -0.1) is 11.6 Å². The van der Waals surface area contributed by atoms with Gasteiger partial charge in [0.2, 0.25) is 0 Å². The lowest BCUT2D eigenvalue weighted by Gasteiger charge is -2.38. The Morgan fingerprint density at radius 3 is 1.60 bits per heavy atom. The van der Waals surface area contributed by atoms with Crippen LogP contribution in [0, 0.1) is 0 Å². The Labute approximate surface area is 100 Å². The number of hydrogen-bond donors (Lipinski definition) is 0. The monoisotopic (exact) mass is 270 g/mol. The highest BCUT2D eigenvalue weighted by atomic mass is 35.5. The summed E-state index contributed by atoms with van der Waals surface area (Å²) < 4.78 is 16.6. The van der Waals surface area contributed by atoms with E-state index >= 15 is 0 Å². The molecule has 0 aromatic rings. The maximum absolute atomic E-state index is 5.86. The fourth-order valence-electron chi connectivity index (χ4n) is 1.93. The Balaban J connectivity index is 5.00. The minimum absolute atomic E-state index is 0.350. The first kappa shape index (κ1) is 15.6. The molecule has 92 valence electrons. The van der Waals surface area contributed by atoms with Crippen molar-refractivity contribution < 1.29 is 13.3 Å². The molecule has 0 amide bonds. The summed E-state index contributed by atoms with van der Waals surface area (Å²) in [5.41, 5.74) is 0. The quantitative estimate of drug-likeness (QED) is 0.526. The maximum atomic E-state index is 5.86. The van der Waals surface area contributed by atoms with Crippen molar-refractivity contribution in [3.8, 4) is 0 Å². The Bertz CT molecular complexity index is 172. The molecule has 1 unspecified atom stereocenters. The van der Waals surface area contributed by atoms with E-state index in [1.165, 1.54) is 0 Å². The van der Waals surface area contributed by atoms with Gasteiger partial charge in [0.15, 0.2) is 0 Å². The predicted molar refractivity (Wildman–Crippen MR) is 69.2 cm³/mol. The van der Waals surface area contributed by atoms with Crippen LogP contribution < -0.4 is 0 Å². The smallest absolute Gasteiger partial charge is 0.377 e. The highest BCUT2D eigenvalue weighted by Gasteiger charge is 2.52. The van der Waals surface area contributed by atoms with Gasteiger partial charge < -0.3 is 13.3 Å². The van der Waals surface area contributed by atoms with Crippen molar-refractivity contribution in [2.75, 3.05) is 27.2 Å². The summed E-state index contributed by atoms with van der Waals surface area (Å²) in [5, 5.41) is 0.350. The Hall–Kier alpha value is 0.604. The zero-order chi connectivity index (χ0) is 12.1. The molecule has 0 N–H and O–H groups in total. The molecule has 0 aliphatic carbocycles. The van der Waals surface area contributed by atoms with Crippen LogP contribution >= 0.6 is 11.6 Å². The van der Waals surface area contributed by atoms with Crippen LogP contribution in [0.5, 0.6) is 0 Å². The van der Waals surface area contributed by atoms with Gasteiger partial charge in [0, 0.05) is 32.4 Å². The van der Waals surface area contributed by atoms with E-state index in [2.05, 4.69) is 19.6 Å². The summed E-state index contributed by atoms with van der Waals surface area (Å²) in [6.07, 6.45) is 0.902. The number of hydrogen-bond acceptors (Lipinski definition) is 3. The van der Waals surface area contributed by atoms with E-state index in [1.54, 1.807) is 21.3 Å². The predicted octanol–water partition coefficient (Wildman–Crippen LogP) is 2.74. The molecule has 0 saturated carbocycles. The van der Waals surface area contributed by atoms with Crippen molar-refractivity contribution >= 4 is 28.5 Å². The fraction of sp³-hybridized carbons (Fsp3) is 1.00. The van der Waals surface area contributed by atoms with E-state index in [9.17, 15) is 0 Å². The van der Waals surface area contributed by atoms with Crippen LogP contribution in [0.1, 0.15) is 6.42 Å².